The second-order valence-corrected chi connectivity index (χ2v) is 4.82. The van der Waals surface area contributed by atoms with Crippen molar-refractivity contribution in [2.24, 2.45) is 0 Å². The zero-order chi connectivity index (χ0) is 15.1. The molecule has 0 aliphatic rings. The third-order valence-electron chi connectivity index (χ3n) is 3.20. The summed E-state index contributed by atoms with van der Waals surface area (Å²) in [5.74, 6) is 1.66. The summed E-state index contributed by atoms with van der Waals surface area (Å²) in [6.07, 6.45) is 0.482. The lowest BCUT2D eigenvalue weighted by atomic mass is 10.1. The van der Waals surface area contributed by atoms with E-state index in [1.165, 1.54) is 0 Å². The molecule has 0 aromatic heterocycles. The van der Waals surface area contributed by atoms with Crippen molar-refractivity contribution in [2.75, 3.05) is 34.9 Å². The zero-order valence-corrected chi connectivity index (χ0v) is 12.9. The van der Waals surface area contributed by atoms with Crippen molar-refractivity contribution in [3.8, 4) is 11.5 Å². The normalized spacial score (nSPS) is 11.8. The Morgan fingerprint density at radius 3 is 2.55 bits per heavy atom. The lowest BCUT2D eigenvalue weighted by molar-refractivity contribution is -0.128. The summed E-state index contributed by atoms with van der Waals surface area (Å²) >= 11 is 0. The quantitative estimate of drug-likeness (QED) is 0.828. The standard InChI is InChI=1S/C15H24N2O3/c1-11(16-9-8-15(18)17(2)3)13-7-6-12(19-4)10-14(13)20-5/h6-7,10-11,16H,8-9H2,1-5H3. The fourth-order valence-electron chi connectivity index (χ4n) is 1.91. The van der Waals surface area contributed by atoms with Crippen LogP contribution < -0.4 is 14.8 Å². The monoisotopic (exact) mass is 280 g/mol. The molecule has 20 heavy (non-hydrogen) atoms. The maximum absolute atomic E-state index is 11.5. The summed E-state index contributed by atoms with van der Waals surface area (Å²) in [6.45, 7) is 2.68. The highest BCUT2D eigenvalue weighted by molar-refractivity contribution is 5.75. The van der Waals surface area contributed by atoms with Gasteiger partial charge >= 0.3 is 0 Å². The van der Waals surface area contributed by atoms with E-state index in [-0.39, 0.29) is 11.9 Å². The Kier molecular flexibility index (Phi) is 6.31. The first kappa shape index (κ1) is 16.3. The van der Waals surface area contributed by atoms with Crippen LogP contribution >= 0.6 is 0 Å². The van der Waals surface area contributed by atoms with Crippen LogP contribution in [-0.4, -0.2) is 45.7 Å². The van der Waals surface area contributed by atoms with Crippen molar-refractivity contribution in [3.63, 3.8) is 0 Å². The minimum atomic E-state index is 0.103. The molecule has 1 unspecified atom stereocenters. The van der Waals surface area contributed by atoms with Crippen LogP contribution in [0.15, 0.2) is 18.2 Å². The van der Waals surface area contributed by atoms with E-state index < -0.39 is 0 Å². The zero-order valence-electron chi connectivity index (χ0n) is 12.9. The molecule has 0 spiro atoms. The minimum absolute atomic E-state index is 0.103. The van der Waals surface area contributed by atoms with Crippen molar-refractivity contribution in [2.45, 2.75) is 19.4 Å². The van der Waals surface area contributed by atoms with Gasteiger partial charge in [0.1, 0.15) is 11.5 Å². The van der Waals surface area contributed by atoms with Gasteiger partial charge in [-0.3, -0.25) is 4.79 Å². The number of benzene rings is 1. The largest absolute Gasteiger partial charge is 0.497 e. The number of nitrogens with zero attached hydrogens (tertiary/aromatic N) is 1. The number of nitrogens with one attached hydrogen (secondary N) is 1. The molecule has 1 aromatic rings. The Hall–Kier alpha value is -1.75. The number of amides is 1. The van der Waals surface area contributed by atoms with Crippen LogP contribution in [0.3, 0.4) is 0 Å². The van der Waals surface area contributed by atoms with Gasteiger partial charge in [-0.15, -0.1) is 0 Å². The van der Waals surface area contributed by atoms with Gasteiger partial charge in [0, 0.05) is 44.7 Å². The number of hydrogen-bond donors (Lipinski definition) is 1. The van der Waals surface area contributed by atoms with Crippen LogP contribution in [0.4, 0.5) is 0 Å². The number of carbonyl (C=O) groups excluding carboxylic acids is 1. The van der Waals surface area contributed by atoms with Crippen LogP contribution in [0.2, 0.25) is 0 Å². The molecule has 112 valence electrons. The van der Waals surface area contributed by atoms with Gasteiger partial charge in [0.25, 0.3) is 0 Å². The van der Waals surface area contributed by atoms with Crippen molar-refractivity contribution >= 4 is 5.91 Å². The smallest absolute Gasteiger partial charge is 0.223 e. The van der Waals surface area contributed by atoms with E-state index >= 15 is 0 Å². The average molecular weight is 280 g/mol. The molecular formula is C15H24N2O3. The molecule has 0 saturated carbocycles. The van der Waals surface area contributed by atoms with Gasteiger partial charge in [0.15, 0.2) is 0 Å². The molecule has 1 rings (SSSR count). The molecule has 0 saturated heterocycles. The second-order valence-electron chi connectivity index (χ2n) is 4.82. The Morgan fingerprint density at radius 1 is 1.30 bits per heavy atom. The predicted molar refractivity (Wildman–Crippen MR) is 79.3 cm³/mol. The lowest BCUT2D eigenvalue weighted by Gasteiger charge is -2.18. The van der Waals surface area contributed by atoms with E-state index in [0.29, 0.717) is 13.0 Å². The third-order valence-corrected chi connectivity index (χ3v) is 3.20. The average Bonchev–Trinajstić information content (AvgIpc) is 2.45. The number of hydrogen-bond acceptors (Lipinski definition) is 4. The molecule has 1 amide bonds. The van der Waals surface area contributed by atoms with E-state index in [4.69, 9.17) is 9.47 Å². The fraction of sp³-hybridized carbons (Fsp3) is 0.533. The maximum atomic E-state index is 11.5. The molecule has 0 fully saturated rings. The first-order chi connectivity index (χ1) is 9.49. The molecule has 0 aliphatic heterocycles. The van der Waals surface area contributed by atoms with Crippen LogP contribution in [-0.2, 0) is 4.79 Å². The predicted octanol–water partition coefficient (Wildman–Crippen LogP) is 1.83. The minimum Gasteiger partial charge on any atom is -0.497 e. The Bertz CT molecular complexity index is 447. The van der Waals surface area contributed by atoms with E-state index in [1.54, 1.807) is 33.2 Å². The first-order valence-electron chi connectivity index (χ1n) is 6.65. The molecule has 5 heteroatoms. The summed E-state index contributed by atoms with van der Waals surface area (Å²) < 4.78 is 10.6. The number of rotatable bonds is 7. The molecule has 0 radical (unpaired) electrons. The van der Waals surface area contributed by atoms with Crippen LogP contribution in [0, 0.1) is 0 Å². The SMILES string of the molecule is COc1ccc(C(C)NCCC(=O)N(C)C)c(OC)c1. The summed E-state index contributed by atoms with van der Waals surface area (Å²) in [5.41, 5.74) is 1.05. The third kappa shape index (κ3) is 4.42. The van der Waals surface area contributed by atoms with E-state index in [1.807, 2.05) is 25.1 Å². The van der Waals surface area contributed by atoms with E-state index in [9.17, 15) is 4.79 Å². The van der Waals surface area contributed by atoms with Crippen molar-refractivity contribution < 1.29 is 14.3 Å². The molecule has 0 heterocycles. The number of ether oxygens (including phenoxy) is 2. The van der Waals surface area contributed by atoms with E-state index in [2.05, 4.69) is 5.32 Å². The van der Waals surface area contributed by atoms with Crippen molar-refractivity contribution in [1.82, 2.24) is 10.2 Å². The van der Waals surface area contributed by atoms with Gasteiger partial charge in [0.05, 0.1) is 14.2 Å². The van der Waals surface area contributed by atoms with Crippen molar-refractivity contribution in [1.29, 1.82) is 0 Å². The topological polar surface area (TPSA) is 50.8 Å². The Labute approximate surface area is 120 Å². The van der Waals surface area contributed by atoms with Gasteiger partial charge in [-0.1, -0.05) is 6.07 Å². The second kappa shape index (κ2) is 7.75. The van der Waals surface area contributed by atoms with Crippen LogP contribution in [0.1, 0.15) is 24.9 Å². The summed E-state index contributed by atoms with van der Waals surface area (Å²) in [7, 11) is 6.79. The van der Waals surface area contributed by atoms with Crippen LogP contribution in [0.5, 0.6) is 11.5 Å². The highest BCUT2D eigenvalue weighted by atomic mass is 16.5. The Balaban J connectivity index is 2.63. The maximum Gasteiger partial charge on any atom is 0.223 e. The first-order valence-corrected chi connectivity index (χ1v) is 6.65. The Morgan fingerprint density at radius 2 is 2.00 bits per heavy atom. The van der Waals surface area contributed by atoms with Gasteiger partial charge in [-0.2, -0.15) is 0 Å². The van der Waals surface area contributed by atoms with Gasteiger partial charge in [-0.25, -0.2) is 0 Å². The molecule has 5 nitrogen and oxygen atoms in total. The lowest BCUT2D eigenvalue weighted by Crippen LogP contribution is -2.28. The molecule has 1 aromatic carbocycles. The highest BCUT2D eigenvalue weighted by Gasteiger charge is 2.12. The number of carbonyl (C=O) groups is 1. The van der Waals surface area contributed by atoms with Gasteiger partial charge < -0.3 is 19.7 Å². The molecule has 0 aliphatic carbocycles. The molecule has 1 N–H and O–H groups in total. The summed E-state index contributed by atoms with van der Waals surface area (Å²) in [5, 5.41) is 3.33. The van der Waals surface area contributed by atoms with Crippen molar-refractivity contribution in [3.05, 3.63) is 23.8 Å². The van der Waals surface area contributed by atoms with Gasteiger partial charge in [0.2, 0.25) is 5.91 Å². The van der Waals surface area contributed by atoms with Crippen LogP contribution in [0.25, 0.3) is 0 Å². The highest BCUT2D eigenvalue weighted by Crippen LogP contribution is 2.29. The fourth-order valence-corrected chi connectivity index (χ4v) is 1.91. The molecule has 1 atom stereocenters. The van der Waals surface area contributed by atoms with E-state index in [0.717, 1.165) is 17.1 Å². The molecule has 0 bridgehead atoms. The summed E-state index contributed by atoms with van der Waals surface area (Å²) in [6, 6.07) is 5.84. The molecular weight excluding hydrogens is 256 g/mol. The van der Waals surface area contributed by atoms with Gasteiger partial charge in [-0.05, 0) is 13.0 Å². The summed E-state index contributed by atoms with van der Waals surface area (Å²) in [4.78, 5) is 13.1. The number of methoxy groups -OCH3 is 2.